The van der Waals surface area contributed by atoms with Gasteiger partial charge in [-0.2, -0.15) is 17.0 Å². The van der Waals surface area contributed by atoms with Gasteiger partial charge in [0, 0.05) is 57.4 Å². The first-order valence-corrected chi connectivity index (χ1v) is 11.6. The first-order chi connectivity index (χ1) is 13.9. The van der Waals surface area contributed by atoms with Gasteiger partial charge in [0.25, 0.3) is 10.2 Å². The van der Waals surface area contributed by atoms with Crippen LogP contribution >= 0.6 is 0 Å². The monoisotopic (exact) mass is 415 g/mol. The third kappa shape index (κ3) is 4.01. The van der Waals surface area contributed by atoms with Crippen LogP contribution in [0.1, 0.15) is 41.4 Å². The second-order valence-electron chi connectivity index (χ2n) is 8.11. The summed E-state index contributed by atoms with van der Waals surface area (Å²) >= 11 is 0. The number of rotatable bonds is 5. The molecule has 7 nitrogen and oxygen atoms in total. The second-order valence-corrected chi connectivity index (χ2v) is 10.3. The van der Waals surface area contributed by atoms with Crippen LogP contribution in [0.3, 0.4) is 0 Å². The van der Waals surface area contributed by atoms with Crippen molar-refractivity contribution in [1.82, 2.24) is 18.6 Å². The van der Waals surface area contributed by atoms with Gasteiger partial charge in [0.15, 0.2) is 0 Å². The van der Waals surface area contributed by atoms with Gasteiger partial charge in [-0.25, -0.2) is 9.97 Å². The van der Waals surface area contributed by atoms with Crippen LogP contribution in [-0.2, 0) is 23.2 Å². The zero-order valence-corrected chi connectivity index (χ0v) is 18.2. The number of benzene rings is 1. The molecule has 1 unspecified atom stereocenters. The van der Waals surface area contributed by atoms with Gasteiger partial charge >= 0.3 is 0 Å². The van der Waals surface area contributed by atoms with Crippen LogP contribution in [0.5, 0.6) is 0 Å². The molecule has 1 fully saturated rings. The van der Waals surface area contributed by atoms with E-state index < -0.39 is 10.2 Å². The summed E-state index contributed by atoms with van der Waals surface area (Å²) in [5.41, 5.74) is 3.52. The maximum Gasteiger partial charge on any atom is 0.281 e. The molecule has 8 heteroatoms. The molecule has 3 heterocycles. The summed E-state index contributed by atoms with van der Waals surface area (Å²) in [5.74, 6) is 1.84. The van der Waals surface area contributed by atoms with E-state index in [0.29, 0.717) is 13.1 Å². The Hall–Kier alpha value is -2.03. The number of aryl methyl sites for hydroxylation is 1. The van der Waals surface area contributed by atoms with Gasteiger partial charge in [-0.3, -0.25) is 0 Å². The Morgan fingerprint density at radius 1 is 1.14 bits per heavy atom. The van der Waals surface area contributed by atoms with Crippen molar-refractivity contribution >= 4 is 16.0 Å². The minimum Gasteiger partial charge on any atom is -0.352 e. The molecule has 0 aliphatic carbocycles. The van der Waals surface area contributed by atoms with E-state index in [1.807, 2.05) is 6.07 Å². The van der Waals surface area contributed by atoms with Crippen LogP contribution in [0, 0.1) is 6.92 Å². The Labute approximate surface area is 173 Å². The molecule has 2 aliphatic rings. The number of nitrogens with zero attached hydrogens (tertiary/aromatic N) is 5. The van der Waals surface area contributed by atoms with Gasteiger partial charge in [-0.1, -0.05) is 30.3 Å². The van der Waals surface area contributed by atoms with Crippen LogP contribution in [0.25, 0.3) is 0 Å². The van der Waals surface area contributed by atoms with E-state index in [-0.39, 0.29) is 5.92 Å². The van der Waals surface area contributed by atoms with Crippen molar-refractivity contribution in [2.75, 3.05) is 38.6 Å². The third-order valence-corrected chi connectivity index (χ3v) is 7.79. The number of anilines is 1. The molecular formula is C21H29N5O2S. The molecule has 1 atom stereocenters. The van der Waals surface area contributed by atoms with E-state index in [9.17, 15) is 8.42 Å². The summed E-state index contributed by atoms with van der Waals surface area (Å²) in [6.45, 7) is 4.81. The Morgan fingerprint density at radius 3 is 2.62 bits per heavy atom. The van der Waals surface area contributed by atoms with Crippen LogP contribution in [0.15, 0.2) is 30.3 Å². The van der Waals surface area contributed by atoms with Crippen LogP contribution < -0.4 is 4.90 Å². The minimum atomic E-state index is -3.40. The minimum absolute atomic E-state index is 0.0363. The van der Waals surface area contributed by atoms with Crippen molar-refractivity contribution in [1.29, 1.82) is 0 Å². The Morgan fingerprint density at radius 2 is 1.90 bits per heavy atom. The Bertz CT molecular complexity index is 978. The number of fused-ring (bicyclic) bond motifs is 1. The van der Waals surface area contributed by atoms with Gasteiger partial charge in [0.1, 0.15) is 11.6 Å². The highest BCUT2D eigenvalue weighted by Crippen LogP contribution is 2.33. The van der Waals surface area contributed by atoms with E-state index in [1.165, 1.54) is 19.7 Å². The predicted octanol–water partition coefficient (Wildman–Crippen LogP) is 2.33. The number of aromatic nitrogens is 2. The van der Waals surface area contributed by atoms with Gasteiger partial charge in [0.05, 0.1) is 0 Å². The lowest BCUT2D eigenvalue weighted by Gasteiger charge is -2.31. The largest absolute Gasteiger partial charge is 0.352 e. The summed E-state index contributed by atoms with van der Waals surface area (Å²) in [6.07, 6.45) is 2.85. The molecule has 1 aromatic heterocycles. The van der Waals surface area contributed by atoms with E-state index in [1.54, 1.807) is 14.1 Å². The maximum atomic E-state index is 12.5. The summed E-state index contributed by atoms with van der Waals surface area (Å²) in [5, 5.41) is 0. The fraction of sp³-hybridized carbons (Fsp3) is 0.524. The van der Waals surface area contributed by atoms with Crippen molar-refractivity contribution in [3.05, 3.63) is 53.0 Å². The molecule has 29 heavy (non-hydrogen) atoms. The maximum absolute atomic E-state index is 12.5. The average Bonchev–Trinajstić information content (AvgIpc) is 3.20. The first kappa shape index (κ1) is 20.3. The standard InChI is InChI=1S/C21H29N5O2S/c1-16-19-10-7-12-25(14-17-8-5-4-6-9-17)21(19)23-20(22-16)18-11-13-26(15-18)29(27,28)24(2)3/h4-6,8-9,18H,7,10-15H2,1-3H3. The van der Waals surface area contributed by atoms with Gasteiger partial charge in [-0.15, -0.1) is 0 Å². The molecule has 4 rings (SSSR count). The molecule has 0 spiro atoms. The predicted molar refractivity (Wildman–Crippen MR) is 114 cm³/mol. The van der Waals surface area contributed by atoms with Gasteiger partial charge in [-0.05, 0) is 31.7 Å². The lowest BCUT2D eigenvalue weighted by molar-refractivity contribution is 0.418. The molecule has 1 saturated heterocycles. The fourth-order valence-electron chi connectivity index (χ4n) is 4.23. The smallest absolute Gasteiger partial charge is 0.281 e. The summed E-state index contributed by atoms with van der Waals surface area (Å²) < 4.78 is 27.7. The third-order valence-electron chi connectivity index (χ3n) is 5.88. The zero-order valence-electron chi connectivity index (χ0n) is 17.4. The SMILES string of the molecule is Cc1nc(C2CCN(S(=O)(=O)N(C)C)C2)nc2c1CCCN2Cc1ccccc1. The number of hydrogen-bond acceptors (Lipinski definition) is 5. The first-order valence-electron chi connectivity index (χ1n) is 10.2. The van der Waals surface area contributed by atoms with E-state index >= 15 is 0 Å². The number of hydrogen-bond donors (Lipinski definition) is 0. The molecule has 2 aromatic rings. The quantitative estimate of drug-likeness (QED) is 0.750. The van der Waals surface area contributed by atoms with Gasteiger partial charge in [0.2, 0.25) is 0 Å². The highest BCUT2D eigenvalue weighted by Gasteiger charge is 2.35. The topological polar surface area (TPSA) is 69.6 Å². The Balaban J connectivity index is 1.61. The van der Waals surface area contributed by atoms with Crippen LogP contribution in [-0.4, -0.2) is 60.7 Å². The summed E-state index contributed by atoms with van der Waals surface area (Å²) in [4.78, 5) is 12.1. The molecule has 0 N–H and O–H groups in total. The highest BCUT2D eigenvalue weighted by atomic mass is 32.2. The van der Waals surface area contributed by atoms with Crippen molar-refractivity contribution in [2.45, 2.75) is 38.6 Å². The lowest BCUT2D eigenvalue weighted by Crippen LogP contribution is -2.38. The summed E-state index contributed by atoms with van der Waals surface area (Å²) in [7, 11) is -0.250. The molecule has 156 valence electrons. The lowest BCUT2D eigenvalue weighted by atomic mass is 10.0. The van der Waals surface area contributed by atoms with Crippen LogP contribution in [0.4, 0.5) is 5.82 Å². The Kier molecular flexibility index (Phi) is 5.59. The zero-order chi connectivity index (χ0) is 20.6. The molecular weight excluding hydrogens is 386 g/mol. The summed E-state index contributed by atoms with van der Waals surface area (Å²) in [6, 6.07) is 10.4. The molecule has 0 radical (unpaired) electrons. The average molecular weight is 416 g/mol. The molecule has 1 aromatic carbocycles. The second kappa shape index (κ2) is 8.01. The highest BCUT2D eigenvalue weighted by molar-refractivity contribution is 7.86. The van der Waals surface area contributed by atoms with Crippen LogP contribution in [0.2, 0.25) is 0 Å². The molecule has 2 aliphatic heterocycles. The van der Waals surface area contributed by atoms with Crippen molar-refractivity contribution in [3.8, 4) is 0 Å². The van der Waals surface area contributed by atoms with Crippen molar-refractivity contribution < 1.29 is 8.42 Å². The van der Waals surface area contributed by atoms with Gasteiger partial charge < -0.3 is 4.90 Å². The van der Waals surface area contributed by atoms with Crippen molar-refractivity contribution in [3.63, 3.8) is 0 Å². The molecule has 0 saturated carbocycles. The fourth-order valence-corrected chi connectivity index (χ4v) is 5.40. The van der Waals surface area contributed by atoms with E-state index in [0.717, 1.165) is 49.7 Å². The van der Waals surface area contributed by atoms with E-state index in [4.69, 9.17) is 9.97 Å². The normalized spacial score (nSPS) is 20.3. The van der Waals surface area contributed by atoms with Crippen molar-refractivity contribution in [2.24, 2.45) is 0 Å². The van der Waals surface area contributed by atoms with E-state index in [2.05, 4.69) is 36.1 Å². The molecule has 0 amide bonds. The molecule has 0 bridgehead atoms.